The predicted octanol–water partition coefficient (Wildman–Crippen LogP) is 3.92. The molecule has 1 aromatic heterocycles. The van der Waals surface area contributed by atoms with Gasteiger partial charge >= 0.3 is 6.09 Å². The third kappa shape index (κ3) is 5.42. The van der Waals surface area contributed by atoms with Crippen LogP contribution in [0.15, 0.2) is 24.3 Å². The molecule has 0 spiro atoms. The van der Waals surface area contributed by atoms with Crippen LogP contribution in [-0.2, 0) is 0 Å². The van der Waals surface area contributed by atoms with Crippen LogP contribution in [0.2, 0.25) is 0 Å². The van der Waals surface area contributed by atoms with Crippen molar-refractivity contribution in [2.45, 2.75) is 52.1 Å². The van der Waals surface area contributed by atoms with Crippen molar-refractivity contribution in [3.05, 3.63) is 46.8 Å². The fourth-order valence-corrected chi connectivity index (χ4v) is 3.95. The minimum atomic E-state index is -1.15. The van der Waals surface area contributed by atoms with Gasteiger partial charge in [0, 0.05) is 11.7 Å². The van der Waals surface area contributed by atoms with Gasteiger partial charge in [0.05, 0.1) is 11.6 Å². The highest BCUT2D eigenvalue weighted by Crippen LogP contribution is 2.34. The third-order valence-corrected chi connectivity index (χ3v) is 5.58. The number of pyridine rings is 1. The second kappa shape index (κ2) is 9.20. The van der Waals surface area contributed by atoms with E-state index in [-0.39, 0.29) is 29.2 Å². The topological polar surface area (TPSA) is 129 Å². The Kier molecular flexibility index (Phi) is 6.62. The number of nitrogens with zero attached hydrogens (tertiary/aromatic N) is 1. The number of benzene rings is 1. The summed E-state index contributed by atoms with van der Waals surface area (Å²) in [4.78, 5) is 27.3. The number of amides is 2. The van der Waals surface area contributed by atoms with Gasteiger partial charge in [-0.05, 0) is 68.9 Å². The quantitative estimate of drug-likeness (QED) is 0.433. The Balaban J connectivity index is 1.95. The van der Waals surface area contributed by atoms with E-state index in [1.165, 1.54) is 0 Å². The van der Waals surface area contributed by atoms with Crippen molar-refractivity contribution < 1.29 is 19.1 Å². The molecule has 1 fully saturated rings. The van der Waals surface area contributed by atoms with Gasteiger partial charge in [0.25, 0.3) is 5.91 Å². The van der Waals surface area contributed by atoms with Crippen molar-refractivity contribution in [1.82, 2.24) is 10.3 Å². The van der Waals surface area contributed by atoms with Gasteiger partial charge in [-0.3, -0.25) is 4.79 Å². The van der Waals surface area contributed by atoms with E-state index >= 15 is 0 Å². The minimum Gasteiger partial charge on any atom is -0.465 e. The van der Waals surface area contributed by atoms with Gasteiger partial charge in [-0.15, -0.1) is 0 Å². The number of aromatic nitrogens is 1. The molecule has 0 aliphatic heterocycles. The lowest BCUT2D eigenvalue weighted by molar-refractivity contribution is 0.1000. The van der Waals surface area contributed by atoms with Crippen molar-refractivity contribution >= 4 is 29.3 Å². The third-order valence-electron chi connectivity index (χ3n) is 5.58. The van der Waals surface area contributed by atoms with Crippen molar-refractivity contribution in [1.29, 1.82) is 0 Å². The highest BCUT2D eigenvalue weighted by Gasteiger charge is 2.33. The Hall–Kier alpha value is -3.36. The number of carboxylic acid groups (broad SMARTS) is 1. The number of carbonyl (C=O) groups excluding carboxylic acids is 1. The van der Waals surface area contributed by atoms with E-state index in [4.69, 9.17) is 10.8 Å². The summed E-state index contributed by atoms with van der Waals surface area (Å²) in [5.74, 6) is -1.27. The standard InChI is InChI=1S/C22H28FN5O3/c1-11-7-12(2)9-15(8-11)26-20-16(19(24)29)10-17(23)21(28-20)27-18(14-5-4-6-14)13(3)25-22(30)31/h7-10,13-14,18,25H,4-6H2,1-3H3,(H2,24,29)(H,30,31)(H2,26,27,28)/t13-,18-/m0/s1. The molecule has 1 aliphatic carbocycles. The Bertz CT molecular complexity index is 973. The van der Waals surface area contributed by atoms with Crippen LogP contribution in [0.1, 0.15) is 47.7 Å². The van der Waals surface area contributed by atoms with Crippen LogP contribution in [0.25, 0.3) is 0 Å². The first-order valence-corrected chi connectivity index (χ1v) is 10.3. The molecule has 9 heteroatoms. The second-order valence-corrected chi connectivity index (χ2v) is 8.18. The summed E-state index contributed by atoms with van der Waals surface area (Å²) in [6.45, 7) is 5.62. The van der Waals surface area contributed by atoms with E-state index in [9.17, 15) is 14.0 Å². The molecule has 31 heavy (non-hydrogen) atoms. The summed E-state index contributed by atoms with van der Waals surface area (Å²) >= 11 is 0. The SMILES string of the molecule is Cc1cc(C)cc(Nc2nc(N[C@H](C3CCC3)[C@H](C)NC(=O)O)c(F)cc2C(N)=O)c1. The molecule has 1 aromatic carbocycles. The van der Waals surface area contributed by atoms with Crippen LogP contribution in [0.5, 0.6) is 0 Å². The Labute approximate surface area is 180 Å². The van der Waals surface area contributed by atoms with Gasteiger partial charge in [0.15, 0.2) is 11.6 Å². The highest BCUT2D eigenvalue weighted by atomic mass is 19.1. The van der Waals surface area contributed by atoms with E-state index in [1.54, 1.807) is 6.92 Å². The van der Waals surface area contributed by atoms with Crippen LogP contribution in [0.4, 0.5) is 26.5 Å². The van der Waals surface area contributed by atoms with Gasteiger partial charge < -0.3 is 26.8 Å². The van der Waals surface area contributed by atoms with Crippen LogP contribution in [0.3, 0.4) is 0 Å². The number of nitrogens with two attached hydrogens (primary N) is 1. The monoisotopic (exact) mass is 429 g/mol. The number of rotatable bonds is 8. The maximum Gasteiger partial charge on any atom is 0.404 e. The molecule has 2 aromatic rings. The lowest BCUT2D eigenvalue weighted by Gasteiger charge is -2.38. The van der Waals surface area contributed by atoms with Gasteiger partial charge in [0.2, 0.25) is 0 Å². The fourth-order valence-electron chi connectivity index (χ4n) is 3.95. The maximum atomic E-state index is 14.8. The summed E-state index contributed by atoms with van der Waals surface area (Å²) in [6, 6.07) is 6.01. The normalized spacial score (nSPS) is 15.5. The van der Waals surface area contributed by atoms with Crippen LogP contribution < -0.4 is 21.7 Å². The molecule has 1 heterocycles. The summed E-state index contributed by atoms with van der Waals surface area (Å²) < 4.78 is 14.8. The second-order valence-electron chi connectivity index (χ2n) is 8.18. The van der Waals surface area contributed by atoms with Gasteiger partial charge in [0.1, 0.15) is 5.82 Å². The summed E-state index contributed by atoms with van der Waals surface area (Å²) in [6.07, 6.45) is 1.72. The van der Waals surface area contributed by atoms with Crippen LogP contribution >= 0.6 is 0 Å². The van der Waals surface area contributed by atoms with Gasteiger partial charge in [-0.25, -0.2) is 14.2 Å². The molecule has 1 aliphatic rings. The van der Waals surface area contributed by atoms with Crippen LogP contribution in [0, 0.1) is 25.6 Å². The smallest absolute Gasteiger partial charge is 0.404 e. The first kappa shape index (κ1) is 22.3. The summed E-state index contributed by atoms with van der Waals surface area (Å²) in [5, 5.41) is 17.7. The number of aryl methyl sites for hydroxylation is 2. The molecule has 0 radical (unpaired) electrons. The van der Waals surface area contributed by atoms with E-state index in [2.05, 4.69) is 20.9 Å². The first-order chi connectivity index (χ1) is 14.6. The molecular weight excluding hydrogens is 401 g/mol. The van der Waals surface area contributed by atoms with Crippen molar-refractivity contribution in [3.8, 4) is 0 Å². The maximum absolute atomic E-state index is 14.8. The first-order valence-electron chi connectivity index (χ1n) is 10.3. The van der Waals surface area contributed by atoms with Gasteiger partial charge in [-0.1, -0.05) is 12.5 Å². The number of halogens is 1. The molecule has 8 nitrogen and oxygen atoms in total. The molecule has 0 saturated heterocycles. The molecule has 3 rings (SSSR count). The number of hydrogen-bond donors (Lipinski definition) is 5. The molecule has 1 saturated carbocycles. The highest BCUT2D eigenvalue weighted by molar-refractivity contribution is 5.98. The minimum absolute atomic E-state index is 0.0622. The van der Waals surface area contributed by atoms with Crippen molar-refractivity contribution in [2.75, 3.05) is 10.6 Å². The van der Waals surface area contributed by atoms with Crippen molar-refractivity contribution in [3.63, 3.8) is 0 Å². The molecule has 0 unspecified atom stereocenters. The lowest BCUT2D eigenvalue weighted by atomic mass is 9.77. The Morgan fingerprint density at radius 1 is 1.16 bits per heavy atom. The van der Waals surface area contributed by atoms with Gasteiger partial charge in [-0.2, -0.15) is 0 Å². The Morgan fingerprint density at radius 3 is 2.32 bits per heavy atom. The predicted molar refractivity (Wildman–Crippen MR) is 117 cm³/mol. The van der Waals surface area contributed by atoms with E-state index in [0.717, 1.165) is 36.5 Å². The molecule has 2 amide bonds. The van der Waals surface area contributed by atoms with E-state index in [0.29, 0.717) is 5.69 Å². The van der Waals surface area contributed by atoms with E-state index in [1.807, 2.05) is 32.0 Å². The van der Waals surface area contributed by atoms with E-state index < -0.39 is 23.9 Å². The zero-order valence-corrected chi connectivity index (χ0v) is 17.8. The zero-order chi connectivity index (χ0) is 22.7. The molecule has 2 atom stereocenters. The lowest BCUT2D eigenvalue weighted by Crippen LogP contribution is -2.50. The summed E-state index contributed by atoms with van der Waals surface area (Å²) in [5.41, 5.74) is 8.11. The zero-order valence-electron chi connectivity index (χ0n) is 17.8. The Morgan fingerprint density at radius 2 is 1.81 bits per heavy atom. The number of hydrogen-bond acceptors (Lipinski definition) is 5. The average molecular weight is 429 g/mol. The largest absolute Gasteiger partial charge is 0.465 e. The fraction of sp³-hybridized carbons (Fsp3) is 0.409. The molecular formula is C22H28FN5O3. The molecule has 0 bridgehead atoms. The average Bonchev–Trinajstić information content (AvgIpc) is 2.60. The number of anilines is 3. The van der Waals surface area contributed by atoms with Crippen LogP contribution in [-0.4, -0.2) is 34.2 Å². The number of carbonyl (C=O) groups is 2. The van der Waals surface area contributed by atoms with Crippen molar-refractivity contribution in [2.24, 2.45) is 11.7 Å². The number of nitrogens with one attached hydrogen (secondary N) is 3. The summed E-state index contributed by atoms with van der Waals surface area (Å²) in [7, 11) is 0. The number of primary amides is 1. The molecule has 6 N–H and O–H groups in total. The molecule has 166 valence electrons.